The average molecular weight is 388 g/mol. The molecule has 3 unspecified atom stereocenters. The molecule has 144 valence electrons. The highest BCUT2D eigenvalue weighted by molar-refractivity contribution is 7.86. The highest BCUT2D eigenvalue weighted by Gasteiger charge is 2.48. The minimum atomic E-state index is -3.51. The lowest BCUT2D eigenvalue weighted by atomic mass is 10.1. The molecule has 7 nitrogen and oxygen atoms in total. The molecule has 1 aliphatic carbocycles. The highest BCUT2D eigenvalue weighted by Crippen LogP contribution is 2.42. The minimum Gasteiger partial charge on any atom is -0.337 e. The molecule has 0 radical (unpaired) electrons. The molecule has 0 spiro atoms. The van der Waals surface area contributed by atoms with Crippen LogP contribution in [0.25, 0.3) is 11.4 Å². The van der Waals surface area contributed by atoms with Gasteiger partial charge in [0.05, 0.1) is 0 Å². The molecule has 27 heavy (non-hydrogen) atoms. The van der Waals surface area contributed by atoms with Crippen LogP contribution < -0.4 is 0 Å². The maximum atomic E-state index is 13.4. The van der Waals surface area contributed by atoms with Crippen molar-refractivity contribution in [3.8, 4) is 11.4 Å². The summed E-state index contributed by atoms with van der Waals surface area (Å²) in [6.07, 6.45) is 5.71. The van der Waals surface area contributed by atoms with Gasteiger partial charge in [-0.05, 0) is 38.0 Å². The van der Waals surface area contributed by atoms with Crippen LogP contribution in [0.4, 0.5) is 0 Å². The summed E-state index contributed by atoms with van der Waals surface area (Å²) in [6, 6.07) is 9.42. The minimum absolute atomic E-state index is 0.171. The molecular formula is C19H24N4O3S. The van der Waals surface area contributed by atoms with E-state index in [2.05, 4.69) is 10.1 Å². The topological polar surface area (TPSA) is 79.5 Å². The Morgan fingerprint density at radius 2 is 1.89 bits per heavy atom. The van der Waals surface area contributed by atoms with Crippen LogP contribution in [0.5, 0.6) is 0 Å². The molecule has 3 fully saturated rings. The Morgan fingerprint density at radius 1 is 1.04 bits per heavy atom. The molecule has 5 rings (SSSR count). The van der Waals surface area contributed by atoms with Crippen LogP contribution in [0.2, 0.25) is 0 Å². The van der Waals surface area contributed by atoms with Gasteiger partial charge < -0.3 is 4.52 Å². The molecule has 1 aromatic heterocycles. The fourth-order valence-corrected chi connectivity index (χ4v) is 6.91. The largest absolute Gasteiger partial charge is 0.337 e. The monoisotopic (exact) mass is 388 g/mol. The van der Waals surface area contributed by atoms with Gasteiger partial charge in [-0.3, -0.25) is 0 Å². The summed E-state index contributed by atoms with van der Waals surface area (Å²) >= 11 is 0. The third kappa shape index (κ3) is 2.99. The van der Waals surface area contributed by atoms with Crippen molar-refractivity contribution in [2.45, 2.75) is 50.6 Å². The number of rotatable bonds is 4. The van der Waals surface area contributed by atoms with Gasteiger partial charge in [0.15, 0.2) is 0 Å². The van der Waals surface area contributed by atoms with E-state index >= 15 is 0 Å². The van der Waals surface area contributed by atoms with Gasteiger partial charge in [0.2, 0.25) is 11.7 Å². The number of aromatic nitrogens is 2. The van der Waals surface area contributed by atoms with Crippen LogP contribution in [0.15, 0.2) is 34.9 Å². The molecule has 3 heterocycles. The summed E-state index contributed by atoms with van der Waals surface area (Å²) in [4.78, 5) is 4.54. The average Bonchev–Trinajstić information content (AvgIpc) is 3.45. The van der Waals surface area contributed by atoms with E-state index in [1.807, 2.05) is 30.3 Å². The lowest BCUT2D eigenvalue weighted by Crippen LogP contribution is -2.49. The van der Waals surface area contributed by atoms with Crippen molar-refractivity contribution in [3.05, 3.63) is 36.2 Å². The van der Waals surface area contributed by atoms with Crippen LogP contribution in [0.1, 0.15) is 50.5 Å². The molecular weight excluding hydrogens is 364 g/mol. The van der Waals surface area contributed by atoms with Gasteiger partial charge in [0.1, 0.15) is 6.04 Å². The molecule has 0 amide bonds. The molecule has 2 aliphatic heterocycles. The predicted molar refractivity (Wildman–Crippen MR) is 99.8 cm³/mol. The molecule has 2 saturated heterocycles. The van der Waals surface area contributed by atoms with Gasteiger partial charge in [-0.1, -0.05) is 41.9 Å². The molecule has 2 bridgehead atoms. The van der Waals surface area contributed by atoms with Crippen molar-refractivity contribution < 1.29 is 12.9 Å². The van der Waals surface area contributed by atoms with Crippen molar-refractivity contribution in [3.63, 3.8) is 0 Å². The van der Waals surface area contributed by atoms with Crippen LogP contribution in [0, 0.1) is 5.92 Å². The van der Waals surface area contributed by atoms with Crippen molar-refractivity contribution in [1.82, 2.24) is 18.8 Å². The second-order valence-electron chi connectivity index (χ2n) is 7.85. The van der Waals surface area contributed by atoms with Crippen LogP contribution in [-0.2, 0) is 10.2 Å². The van der Waals surface area contributed by atoms with E-state index in [0.717, 1.165) is 44.1 Å². The maximum absolute atomic E-state index is 13.4. The predicted octanol–water partition coefficient (Wildman–Crippen LogP) is 2.99. The Morgan fingerprint density at radius 3 is 2.63 bits per heavy atom. The van der Waals surface area contributed by atoms with E-state index in [9.17, 15) is 8.42 Å². The van der Waals surface area contributed by atoms with Crippen molar-refractivity contribution >= 4 is 10.2 Å². The van der Waals surface area contributed by atoms with Crippen LogP contribution >= 0.6 is 0 Å². The molecule has 1 aromatic carbocycles. The molecule has 3 atom stereocenters. The van der Waals surface area contributed by atoms with Gasteiger partial charge in [0.25, 0.3) is 10.2 Å². The lowest BCUT2D eigenvalue weighted by Gasteiger charge is -2.37. The van der Waals surface area contributed by atoms with Gasteiger partial charge in [-0.2, -0.15) is 22.0 Å². The number of fused-ring (bicyclic) bond motifs is 2. The number of benzene rings is 1. The Labute approximate surface area is 159 Å². The summed E-state index contributed by atoms with van der Waals surface area (Å²) in [6.45, 7) is 1.18. The van der Waals surface area contributed by atoms with Crippen molar-refractivity contribution in [2.75, 3.05) is 13.1 Å². The van der Waals surface area contributed by atoms with E-state index in [4.69, 9.17) is 4.52 Å². The Balaban J connectivity index is 1.44. The zero-order valence-corrected chi connectivity index (χ0v) is 16.0. The van der Waals surface area contributed by atoms with Crippen LogP contribution in [-0.4, -0.2) is 46.3 Å². The normalized spacial score (nSPS) is 29.4. The first-order valence-corrected chi connectivity index (χ1v) is 11.2. The Bertz CT molecular complexity index is 914. The smallest absolute Gasteiger partial charge is 0.282 e. The Hall–Kier alpha value is -1.77. The van der Waals surface area contributed by atoms with E-state index in [0.29, 0.717) is 30.7 Å². The quantitative estimate of drug-likeness (QED) is 0.804. The zero-order valence-electron chi connectivity index (χ0n) is 15.2. The van der Waals surface area contributed by atoms with Gasteiger partial charge in [-0.15, -0.1) is 0 Å². The zero-order chi connectivity index (χ0) is 18.4. The number of hydrogen-bond acceptors (Lipinski definition) is 5. The van der Waals surface area contributed by atoms with Crippen molar-refractivity contribution in [2.24, 2.45) is 5.92 Å². The molecule has 0 N–H and O–H groups in total. The summed E-state index contributed by atoms with van der Waals surface area (Å²) in [7, 11) is -3.51. The van der Waals surface area contributed by atoms with Gasteiger partial charge >= 0.3 is 0 Å². The first kappa shape index (κ1) is 17.3. The van der Waals surface area contributed by atoms with E-state index in [1.54, 1.807) is 8.61 Å². The standard InChI is InChI=1S/C19H24N4O3S/c24-27(25,23-13-14-9-10-16(23)12-14)22-11-5-4-8-17(22)19-20-18(21-26-19)15-6-2-1-3-7-15/h1-3,6-7,14,16-17H,4-5,8-13H2. The summed E-state index contributed by atoms with van der Waals surface area (Å²) < 4.78 is 35.7. The third-order valence-electron chi connectivity index (χ3n) is 6.16. The molecule has 2 aromatic rings. The maximum Gasteiger partial charge on any atom is 0.282 e. The van der Waals surface area contributed by atoms with E-state index in [-0.39, 0.29) is 12.1 Å². The fraction of sp³-hybridized carbons (Fsp3) is 0.579. The lowest BCUT2D eigenvalue weighted by molar-refractivity contribution is 0.186. The van der Waals surface area contributed by atoms with E-state index < -0.39 is 10.2 Å². The molecule has 3 aliphatic rings. The Kier molecular flexibility index (Phi) is 4.29. The summed E-state index contributed by atoms with van der Waals surface area (Å²) in [5.41, 5.74) is 0.870. The number of hydrogen-bond donors (Lipinski definition) is 0. The second-order valence-corrected chi connectivity index (χ2v) is 9.69. The van der Waals surface area contributed by atoms with Crippen molar-refractivity contribution in [1.29, 1.82) is 0 Å². The fourth-order valence-electron chi connectivity index (χ4n) is 4.80. The van der Waals surface area contributed by atoms with Gasteiger partial charge in [-0.25, -0.2) is 0 Å². The second kappa shape index (κ2) is 6.68. The summed E-state index contributed by atoms with van der Waals surface area (Å²) in [5, 5.41) is 4.09. The van der Waals surface area contributed by atoms with Crippen LogP contribution in [0.3, 0.4) is 0 Å². The summed E-state index contributed by atoms with van der Waals surface area (Å²) in [5.74, 6) is 1.44. The number of piperidine rings is 2. The van der Waals surface area contributed by atoms with E-state index in [1.165, 1.54) is 0 Å². The third-order valence-corrected chi connectivity index (χ3v) is 8.23. The highest BCUT2D eigenvalue weighted by atomic mass is 32.2. The first-order valence-electron chi connectivity index (χ1n) is 9.80. The number of nitrogens with zero attached hydrogens (tertiary/aromatic N) is 4. The van der Waals surface area contributed by atoms with Gasteiger partial charge in [0, 0.05) is 24.7 Å². The molecule has 1 saturated carbocycles. The SMILES string of the molecule is O=S(=O)(N1CC2CCC1C2)N1CCCCC1c1nc(-c2ccccc2)no1. The first-order chi connectivity index (χ1) is 13.1. The molecule has 8 heteroatoms.